The van der Waals surface area contributed by atoms with Gasteiger partial charge in [-0.1, -0.05) is 6.07 Å². The number of carbonyl (C=O) groups excluding carboxylic acids is 1. The van der Waals surface area contributed by atoms with Crippen molar-refractivity contribution in [2.75, 3.05) is 25.0 Å². The van der Waals surface area contributed by atoms with Gasteiger partial charge in [-0.15, -0.1) is 0 Å². The average Bonchev–Trinajstić information content (AvgIpc) is 2.64. The molecule has 1 N–H and O–H groups in total. The highest BCUT2D eigenvalue weighted by molar-refractivity contribution is 7.92. The van der Waals surface area contributed by atoms with Gasteiger partial charge in [0.25, 0.3) is 15.9 Å². The van der Waals surface area contributed by atoms with Gasteiger partial charge in [0.15, 0.2) is 6.61 Å². The second-order valence-electron chi connectivity index (χ2n) is 6.52. The fourth-order valence-electron chi connectivity index (χ4n) is 2.82. The first kappa shape index (κ1) is 20.8. The number of anilines is 1. The van der Waals surface area contributed by atoms with Gasteiger partial charge >= 0.3 is 0 Å². The lowest BCUT2D eigenvalue weighted by Crippen LogP contribution is -2.28. The molecule has 0 aliphatic carbocycles. The number of carbonyl (C=O) groups is 1. The van der Waals surface area contributed by atoms with Crippen molar-refractivity contribution in [2.45, 2.75) is 32.6 Å². The Balaban J connectivity index is 2.34. The molecule has 0 saturated heterocycles. The lowest BCUT2D eigenvalue weighted by molar-refractivity contribution is -0.122. The van der Waals surface area contributed by atoms with Crippen molar-refractivity contribution in [2.24, 2.45) is 0 Å². The van der Waals surface area contributed by atoms with Crippen LogP contribution in [0.25, 0.3) is 0 Å². The molecule has 0 aromatic heterocycles. The van der Waals surface area contributed by atoms with Crippen LogP contribution in [0.15, 0.2) is 35.2 Å². The molecule has 0 atom stereocenters. The molecule has 1 amide bonds. The molecule has 0 bridgehead atoms. The van der Waals surface area contributed by atoms with E-state index in [4.69, 9.17) is 4.74 Å². The van der Waals surface area contributed by atoms with Gasteiger partial charge in [-0.05, 0) is 74.2 Å². The topological polar surface area (TPSA) is 75.7 Å². The Kier molecular flexibility index (Phi) is 6.15. The molecular weight excluding hydrogens is 364 g/mol. The first-order valence-corrected chi connectivity index (χ1v) is 10.0. The van der Waals surface area contributed by atoms with E-state index >= 15 is 0 Å². The van der Waals surface area contributed by atoms with Crippen LogP contribution in [0.5, 0.6) is 5.75 Å². The predicted octanol–water partition coefficient (Wildman–Crippen LogP) is 2.87. The molecule has 7 heteroatoms. The number of ether oxygens (including phenoxy) is 1. The first-order chi connectivity index (χ1) is 12.6. The van der Waals surface area contributed by atoms with E-state index in [1.165, 1.54) is 18.4 Å². The van der Waals surface area contributed by atoms with E-state index in [2.05, 4.69) is 5.32 Å². The summed E-state index contributed by atoms with van der Waals surface area (Å²) in [6.07, 6.45) is 0. The van der Waals surface area contributed by atoms with Crippen LogP contribution < -0.4 is 14.4 Å². The van der Waals surface area contributed by atoms with E-state index in [0.717, 1.165) is 22.3 Å². The number of rotatable bonds is 6. The highest BCUT2D eigenvalue weighted by Gasteiger charge is 2.27. The zero-order valence-corrected chi connectivity index (χ0v) is 17.4. The quantitative estimate of drug-likeness (QED) is 0.823. The minimum Gasteiger partial charge on any atom is -0.484 e. The zero-order chi connectivity index (χ0) is 20.4. The predicted molar refractivity (Wildman–Crippen MR) is 107 cm³/mol. The Morgan fingerprint density at radius 3 is 2.04 bits per heavy atom. The van der Waals surface area contributed by atoms with Crippen LogP contribution in [-0.2, 0) is 14.8 Å². The van der Waals surface area contributed by atoms with Crippen molar-refractivity contribution in [3.63, 3.8) is 0 Å². The molecule has 0 radical (unpaired) electrons. The minimum absolute atomic E-state index is 0.0923. The van der Waals surface area contributed by atoms with E-state index < -0.39 is 10.0 Å². The van der Waals surface area contributed by atoms with Gasteiger partial charge in [0.1, 0.15) is 5.75 Å². The van der Waals surface area contributed by atoms with E-state index in [1.54, 1.807) is 24.3 Å². The van der Waals surface area contributed by atoms with Gasteiger partial charge in [-0.3, -0.25) is 9.10 Å². The van der Waals surface area contributed by atoms with Crippen LogP contribution in [-0.4, -0.2) is 35.0 Å². The van der Waals surface area contributed by atoms with E-state index in [9.17, 15) is 13.2 Å². The number of nitrogens with zero attached hydrogens (tertiary/aromatic N) is 1. The van der Waals surface area contributed by atoms with Crippen LogP contribution in [0, 0.1) is 27.7 Å². The Morgan fingerprint density at radius 2 is 1.56 bits per heavy atom. The smallest absolute Gasteiger partial charge is 0.264 e. The fourth-order valence-corrected chi connectivity index (χ4v) is 4.59. The zero-order valence-electron chi connectivity index (χ0n) is 16.6. The summed E-state index contributed by atoms with van der Waals surface area (Å²) in [4.78, 5) is 11.6. The summed E-state index contributed by atoms with van der Waals surface area (Å²) in [6, 6.07) is 8.60. The lowest BCUT2D eigenvalue weighted by atomic mass is 10.0. The molecule has 27 heavy (non-hydrogen) atoms. The van der Waals surface area contributed by atoms with Crippen molar-refractivity contribution < 1.29 is 17.9 Å². The maximum Gasteiger partial charge on any atom is 0.264 e. The highest BCUT2D eigenvalue weighted by atomic mass is 32.2. The summed E-state index contributed by atoms with van der Waals surface area (Å²) in [5, 5.41) is 2.47. The molecule has 2 aromatic rings. The Labute approximate surface area is 161 Å². The number of hydrogen-bond donors (Lipinski definition) is 1. The van der Waals surface area contributed by atoms with Gasteiger partial charge < -0.3 is 10.1 Å². The maximum absolute atomic E-state index is 13.3. The number of sulfonamides is 1. The summed E-state index contributed by atoms with van der Waals surface area (Å²) in [5.41, 5.74) is 3.93. The van der Waals surface area contributed by atoms with Gasteiger partial charge in [-0.25, -0.2) is 8.42 Å². The molecule has 0 fully saturated rings. The highest BCUT2D eigenvalue weighted by Crippen LogP contribution is 2.31. The lowest BCUT2D eigenvalue weighted by Gasteiger charge is -2.23. The van der Waals surface area contributed by atoms with Gasteiger partial charge in [0, 0.05) is 14.1 Å². The van der Waals surface area contributed by atoms with E-state index in [0.29, 0.717) is 16.3 Å². The molecule has 0 heterocycles. The molecule has 0 aliphatic rings. The normalized spacial score (nSPS) is 11.2. The van der Waals surface area contributed by atoms with E-state index in [1.807, 2.05) is 33.8 Å². The van der Waals surface area contributed by atoms with Gasteiger partial charge in [-0.2, -0.15) is 0 Å². The SMILES string of the molecule is CNC(=O)COc1ccc(N(C)S(=O)(=O)c2c(C)c(C)cc(C)c2C)cc1. The summed E-state index contributed by atoms with van der Waals surface area (Å²) in [5.74, 6) is 0.256. The second-order valence-corrected chi connectivity index (χ2v) is 8.42. The maximum atomic E-state index is 13.3. The third kappa shape index (κ3) is 4.24. The Morgan fingerprint density at radius 1 is 1.04 bits per heavy atom. The van der Waals surface area contributed by atoms with Crippen molar-refractivity contribution in [3.05, 3.63) is 52.6 Å². The largest absolute Gasteiger partial charge is 0.484 e. The van der Waals surface area contributed by atoms with Crippen LogP contribution in [0.3, 0.4) is 0 Å². The Hall–Kier alpha value is -2.54. The monoisotopic (exact) mass is 390 g/mol. The van der Waals surface area contributed by atoms with Crippen LogP contribution in [0.4, 0.5) is 5.69 Å². The summed E-state index contributed by atoms with van der Waals surface area (Å²) < 4.78 is 33.1. The summed E-state index contributed by atoms with van der Waals surface area (Å²) in [6.45, 7) is 7.40. The number of likely N-dealkylation sites (N-methyl/N-ethyl adjacent to an activating group) is 1. The van der Waals surface area contributed by atoms with Gasteiger partial charge in [0.05, 0.1) is 10.6 Å². The standard InChI is InChI=1S/C20H26N2O4S/c1-13-11-14(2)16(4)20(15(13)3)27(24,25)22(6)17-7-9-18(10-8-17)26-12-19(23)21-5/h7-11H,12H2,1-6H3,(H,21,23). The van der Waals surface area contributed by atoms with Crippen molar-refractivity contribution in [1.29, 1.82) is 0 Å². The van der Waals surface area contributed by atoms with Gasteiger partial charge in [0.2, 0.25) is 0 Å². The molecule has 0 aliphatic heterocycles. The molecule has 6 nitrogen and oxygen atoms in total. The molecule has 0 spiro atoms. The van der Waals surface area contributed by atoms with Crippen LogP contribution in [0.2, 0.25) is 0 Å². The van der Waals surface area contributed by atoms with Crippen molar-refractivity contribution in [1.82, 2.24) is 5.32 Å². The molecule has 0 unspecified atom stereocenters. The average molecular weight is 391 g/mol. The summed E-state index contributed by atoms with van der Waals surface area (Å²) in [7, 11) is -0.645. The number of hydrogen-bond acceptors (Lipinski definition) is 4. The number of aryl methyl sites for hydroxylation is 2. The van der Waals surface area contributed by atoms with Crippen LogP contribution >= 0.6 is 0 Å². The number of benzene rings is 2. The third-order valence-corrected chi connectivity index (χ3v) is 6.82. The first-order valence-electron chi connectivity index (χ1n) is 8.59. The second kappa shape index (κ2) is 8.00. The molecule has 0 saturated carbocycles. The fraction of sp³-hybridized carbons (Fsp3) is 0.350. The van der Waals surface area contributed by atoms with E-state index in [-0.39, 0.29) is 12.5 Å². The molecule has 146 valence electrons. The van der Waals surface area contributed by atoms with Crippen molar-refractivity contribution >= 4 is 21.6 Å². The van der Waals surface area contributed by atoms with Crippen LogP contribution in [0.1, 0.15) is 22.3 Å². The Bertz CT molecular complexity index is 925. The third-order valence-electron chi connectivity index (χ3n) is 4.76. The number of amides is 1. The molecular formula is C20H26N2O4S. The molecule has 2 aromatic carbocycles. The summed E-state index contributed by atoms with van der Waals surface area (Å²) >= 11 is 0. The molecule has 2 rings (SSSR count). The number of nitrogens with one attached hydrogen (secondary N) is 1. The van der Waals surface area contributed by atoms with Crippen molar-refractivity contribution in [3.8, 4) is 5.75 Å². The minimum atomic E-state index is -3.71.